The van der Waals surface area contributed by atoms with Gasteiger partial charge in [0.2, 0.25) is 0 Å². The molecule has 0 aliphatic rings. The molecule has 108 valence electrons. The van der Waals surface area contributed by atoms with Gasteiger partial charge in [0.15, 0.2) is 0 Å². The third kappa shape index (κ3) is 3.33. The Morgan fingerprint density at radius 3 is 2.75 bits per heavy atom. The molecule has 0 aliphatic heterocycles. The molecule has 3 N–H and O–H groups in total. The van der Waals surface area contributed by atoms with E-state index in [1.807, 2.05) is 23.7 Å². The standard InChI is InChI=1S/C14H18Cl2N4/c1-3-20-14(6-9(2)19-20)13(18-17)8-10-7-11(15)4-5-12(10)16/h4-7,13,18H,3,8,17H2,1-2H3. The Labute approximate surface area is 128 Å². The number of hydrogen-bond acceptors (Lipinski definition) is 3. The van der Waals surface area contributed by atoms with Crippen LogP contribution in [-0.2, 0) is 13.0 Å². The number of hydrazine groups is 1. The van der Waals surface area contributed by atoms with Crippen LogP contribution in [0.15, 0.2) is 24.3 Å². The van der Waals surface area contributed by atoms with Crippen molar-refractivity contribution >= 4 is 23.2 Å². The monoisotopic (exact) mass is 312 g/mol. The van der Waals surface area contributed by atoms with E-state index in [0.717, 1.165) is 23.5 Å². The van der Waals surface area contributed by atoms with E-state index in [9.17, 15) is 0 Å². The lowest BCUT2D eigenvalue weighted by atomic mass is 10.0. The SMILES string of the molecule is CCn1nc(C)cc1C(Cc1cc(Cl)ccc1Cl)NN. The fraction of sp³-hybridized carbons (Fsp3) is 0.357. The summed E-state index contributed by atoms with van der Waals surface area (Å²) in [6.07, 6.45) is 0.654. The van der Waals surface area contributed by atoms with Gasteiger partial charge in [0, 0.05) is 16.6 Å². The largest absolute Gasteiger partial charge is 0.271 e. The zero-order chi connectivity index (χ0) is 14.7. The lowest BCUT2D eigenvalue weighted by Crippen LogP contribution is -2.31. The van der Waals surface area contributed by atoms with Gasteiger partial charge in [-0.25, -0.2) is 0 Å². The van der Waals surface area contributed by atoms with Gasteiger partial charge < -0.3 is 0 Å². The van der Waals surface area contributed by atoms with E-state index in [2.05, 4.69) is 17.4 Å². The van der Waals surface area contributed by atoms with E-state index in [0.29, 0.717) is 16.5 Å². The van der Waals surface area contributed by atoms with Gasteiger partial charge in [0.25, 0.3) is 0 Å². The lowest BCUT2D eigenvalue weighted by Gasteiger charge is -2.18. The molecule has 0 radical (unpaired) electrons. The Morgan fingerprint density at radius 1 is 1.35 bits per heavy atom. The molecule has 0 saturated carbocycles. The number of halogens is 2. The second-order valence-electron chi connectivity index (χ2n) is 4.69. The number of rotatable bonds is 5. The maximum atomic E-state index is 6.21. The van der Waals surface area contributed by atoms with Crippen LogP contribution in [0.3, 0.4) is 0 Å². The molecular formula is C14H18Cl2N4. The van der Waals surface area contributed by atoms with E-state index >= 15 is 0 Å². The van der Waals surface area contributed by atoms with Crippen LogP contribution in [0.5, 0.6) is 0 Å². The van der Waals surface area contributed by atoms with Crippen molar-refractivity contribution in [1.82, 2.24) is 15.2 Å². The van der Waals surface area contributed by atoms with Crippen molar-refractivity contribution in [2.75, 3.05) is 0 Å². The van der Waals surface area contributed by atoms with Crippen LogP contribution in [0.2, 0.25) is 10.0 Å². The Balaban J connectivity index is 2.30. The second-order valence-corrected chi connectivity index (χ2v) is 5.53. The Morgan fingerprint density at radius 2 is 2.10 bits per heavy atom. The summed E-state index contributed by atoms with van der Waals surface area (Å²) in [5, 5.41) is 5.80. The van der Waals surface area contributed by atoms with E-state index in [1.54, 1.807) is 12.1 Å². The molecule has 0 bridgehead atoms. The number of hydrogen-bond donors (Lipinski definition) is 2. The molecule has 2 aromatic rings. The molecule has 6 heteroatoms. The number of nitrogens with two attached hydrogens (primary N) is 1. The highest BCUT2D eigenvalue weighted by Gasteiger charge is 2.17. The van der Waals surface area contributed by atoms with Crippen molar-refractivity contribution in [2.24, 2.45) is 5.84 Å². The summed E-state index contributed by atoms with van der Waals surface area (Å²) in [5.74, 6) is 5.71. The van der Waals surface area contributed by atoms with Crippen LogP contribution < -0.4 is 11.3 Å². The van der Waals surface area contributed by atoms with Crippen molar-refractivity contribution < 1.29 is 0 Å². The molecule has 0 amide bonds. The Bertz CT molecular complexity index is 595. The highest BCUT2D eigenvalue weighted by Crippen LogP contribution is 2.26. The van der Waals surface area contributed by atoms with Gasteiger partial charge >= 0.3 is 0 Å². The molecule has 0 fully saturated rings. The quantitative estimate of drug-likeness (QED) is 0.658. The average Bonchev–Trinajstić information content (AvgIpc) is 2.80. The summed E-state index contributed by atoms with van der Waals surface area (Å²) >= 11 is 12.2. The summed E-state index contributed by atoms with van der Waals surface area (Å²) in [5.41, 5.74) is 5.82. The third-order valence-electron chi connectivity index (χ3n) is 3.22. The van der Waals surface area contributed by atoms with Gasteiger partial charge in [-0.05, 0) is 50.1 Å². The summed E-state index contributed by atoms with van der Waals surface area (Å²) in [6, 6.07) is 7.42. The second kappa shape index (κ2) is 6.59. The molecule has 0 spiro atoms. The predicted octanol–water partition coefficient (Wildman–Crippen LogP) is 3.27. The van der Waals surface area contributed by atoms with Crippen LogP contribution in [0.1, 0.15) is 29.9 Å². The number of aryl methyl sites for hydroxylation is 2. The number of aromatic nitrogens is 2. The minimum absolute atomic E-state index is 0.0629. The highest BCUT2D eigenvalue weighted by atomic mass is 35.5. The minimum Gasteiger partial charge on any atom is -0.271 e. The van der Waals surface area contributed by atoms with E-state index in [-0.39, 0.29) is 6.04 Å². The highest BCUT2D eigenvalue weighted by molar-refractivity contribution is 6.33. The first kappa shape index (κ1) is 15.3. The van der Waals surface area contributed by atoms with Crippen LogP contribution in [0.25, 0.3) is 0 Å². The minimum atomic E-state index is -0.0629. The third-order valence-corrected chi connectivity index (χ3v) is 3.83. The van der Waals surface area contributed by atoms with E-state index in [4.69, 9.17) is 29.0 Å². The first-order chi connectivity index (χ1) is 9.55. The van der Waals surface area contributed by atoms with Gasteiger partial charge in [-0.15, -0.1) is 0 Å². The van der Waals surface area contributed by atoms with Crippen molar-refractivity contribution in [1.29, 1.82) is 0 Å². The predicted molar refractivity (Wildman–Crippen MR) is 82.9 cm³/mol. The molecule has 1 atom stereocenters. The number of nitrogens with zero attached hydrogens (tertiary/aromatic N) is 2. The van der Waals surface area contributed by atoms with Crippen LogP contribution >= 0.6 is 23.2 Å². The molecule has 0 aliphatic carbocycles. The molecule has 2 rings (SSSR count). The summed E-state index contributed by atoms with van der Waals surface area (Å²) in [6.45, 7) is 4.82. The molecule has 4 nitrogen and oxygen atoms in total. The number of nitrogens with one attached hydrogen (secondary N) is 1. The zero-order valence-corrected chi connectivity index (χ0v) is 13.0. The van der Waals surface area contributed by atoms with Crippen molar-refractivity contribution in [3.63, 3.8) is 0 Å². The zero-order valence-electron chi connectivity index (χ0n) is 11.5. The molecular weight excluding hydrogens is 295 g/mol. The summed E-state index contributed by atoms with van der Waals surface area (Å²) in [4.78, 5) is 0. The lowest BCUT2D eigenvalue weighted by molar-refractivity contribution is 0.490. The first-order valence-electron chi connectivity index (χ1n) is 6.49. The van der Waals surface area contributed by atoms with E-state index in [1.165, 1.54) is 0 Å². The van der Waals surface area contributed by atoms with Gasteiger partial charge in [-0.3, -0.25) is 16.0 Å². The van der Waals surface area contributed by atoms with Gasteiger partial charge in [0.1, 0.15) is 0 Å². The smallest absolute Gasteiger partial charge is 0.0669 e. The molecule has 20 heavy (non-hydrogen) atoms. The molecule has 1 unspecified atom stereocenters. The van der Waals surface area contributed by atoms with Crippen LogP contribution in [0, 0.1) is 6.92 Å². The van der Waals surface area contributed by atoms with Crippen molar-refractivity contribution in [3.8, 4) is 0 Å². The Kier molecular flexibility index (Phi) is 5.05. The summed E-state index contributed by atoms with van der Waals surface area (Å²) in [7, 11) is 0. The van der Waals surface area contributed by atoms with E-state index < -0.39 is 0 Å². The maximum absolute atomic E-state index is 6.21. The van der Waals surface area contributed by atoms with Crippen molar-refractivity contribution in [2.45, 2.75) is 32.9 Å². The first-order valence-corrected chi connectivity index (χ1v) is 7.25. The van der Waals surface area contributed by atoms with Crippen LogP contribution in [0.4, 0.5) is 0 Å². The van der Waals surface area contributed by atoms with Crippen molar-refractivity contribution in [3.05, 3.63) is 51.3 Å². The molecule has 1 heterocycles. The average molecular weight is 313 g/mol. The number of benzene rings is 1. The maximum Gasteiger partial charge on any atom is 0.0669 e. The fourth-order valence-corrected chi connectivity index (χ4v) is 2.66. The molecule has 1 aromatic heterocycles. The van der Waals surface area contributed by atoms with Gasteiger partial charge in [-0.2, -0.15) is 5.10 Å². The normalized spacial score (nSPS) is 12.7. The Hall–Kier alpha value is -1.07. The van der Waals surface area contributed by atoms with Gasteiger partial charge in [0.05, 0.1) is 17.4 Å². The summed E-state index contributed by atoms with van der Waals surface area (Å²) < 4.78 is 1.94. The van der Waals surface area contributed by atoms with Crippen LogP contribution in [-0.4, -0.2) is 9.78 Å². The fourth-order valence-electron chi connectivity index (χ4n) is 2.27. The van der Waals surface area contributed by atoms with Gasteiger partial charge in [-0.1, -0.05) is 23.2 Å². The molecule has 0 saturated heterocycles. The topological polar surface area (TPSA) is 55.9 Å². The molecule has 1 aromatic carbocycles.